The zero-order valence-electron chi connectivity index (χ0n) is 21.6. The number of ether oxygens (including phenoxy) is 1. The predicted octanol–water partition coefficient (Wildman–Crippen LogP) is 5.32. The van der Waals surface area contributed by atoms with Gasteiger partial charge >= 0.3 is 6.09 Å². The number of hydrogen-bond donors (Lipinski definition) is 3. The van der Waals surface area contributed by atoms with Crippen LogP contribution in [0.1, 0.15) is 42.5 Å². The highest BCUT2D eigenvalue weighted by atomic mass is 35.5. The fourth-order valence-electron chi connectivity index (χ4n) is 4.17. The topological polar surface area (TPSA) is 111 Å². The van der Waals surface area contributed by atoms with E-state index in [4.69, 9.17) is 16.3 Å². The van der Waals surface area contributed by atoms with Crippen molar-refractivity contribution in [1.29, 1.82) is 0 Å². The SMILES string of the molecule is Cc1cc(Nc2nc(Nc3cc(C)c(C4CCN(C(=O)OC(C)N(C)C)CC4)cc3F)ncc2Cl)n[nH]1. The summed E-state index contributed by atoms with van der Waals surface area (Å²) in [5.41, 5.74) is 3.04. The third-order valence-corrected chi connectivity index (χ3v) is 6.77. The zero-order chi connectivity index (χ0) is 26.7. The first-order valence-corrected chi connectivity index (χ1v) is 12.5. The van der Waals surface area contributed by atoms with Crippen molar-refractivity contribution in [1.82, 2.24) is 30.0 Å². The van der Waals surface area contributed by atoms with Gasteiger partial charge in [0.25, 0.3) is 0 Å². The van der Waals surface area contributed by atoms with Crippen LogP contribution in [0.4, 0.5) is 32.5 Å². The molecule has 37 heavy (non-hydrogen) atoms. The molecule has 1 aliphatic heterocycles. The first kappa shape index (κ1) is 26.6. The number of anilines is 4. The van der Waals surface area contributed by atoms with E-state index in [0.717, 1.165) is 29.7 Å². The van der Waals surface area contributed by atoms with Crippen LogP contribution in [0.25, 0.3) is 0 Å². The van der Waals surface area contributed by atoms with Crippen molar-refractivity contribution in [2.75, 3.05) is 37.8 Å². The van der Waals surface area contributed by atoms with Crippen molar-refractivity contribution >= 4 is 41.0 Å². The Morgan fingerprint density at radius 1 is 1.24 bits per heavy atom. The summed E-state index contributed by atoms with van der Waals surface area (Å²) in [6, 6.07) is 5.13. The number of nitrogens with one attached hydrogen (secondary N) is 3. The number of aromatic nitrogens is 4. The number of rotatable bonds is 7. The molecule has 3 N–H and O–H groups in total. The molecule has 2 aromatic heterocycles. The van der Waals surface area contributed by atoms with Gasteiger partial charge in [-0.05, 0) is 76.9 Å². The van der Waals surface area contributed by atoms with Crippen LogP contribution in [-0.2, 0) is 4.74 Å². The number of aromatic amines is 1. The van der Waals surface area contributed by atoms with Crippen LogP contribution >= 0.6 is 11.6 Å². The maximum absolute atomic E-state index is 15.2. The van der Waals surface area contributed by atoms with Gasteiger partial charge in [-0.3, -0.25) is 10.00 Å². The molecule has 4 rings (SSSR count). The average molecular weight is 531 g/mol. The number of hydrogen-bond acceptors (Lipinski definition) is 8. The Labute approximate surface area is 220 Å². The van der Waals surface area contributed by atoms with E-state index in [0.29, 0.717) is 29.7 Å². The quantitative estimate of drug-likeness (QED) is 0.352. The third-order valence-electron chi connectivity index (χ3n) is 6.49. The van der Waals surface area contributed by atoms with E-state index in [1.165, 1.54) is 6.20 Å². The number of amides is 1. The average Bonchev–Trinajstić information content (AvgIpc) is 3.27. The summed E-state index contributed by atoms with van der Waals surface area (Å²) in [7, 11) is 3.72. The second-order valence-electron chi connectivity index (χ2n) is 9.47. The number of benzene rings is 1. The van der Waals surface area contributed by atoms with E-state index in [1.54, 1.807) is 17.0 Å². The van der Waals surface area contributed by atoms with Crippen LogP contribution in [0.3, 0.4) is 0 Å². The van der Waals surface area contributed by atoms with Gasteiger partial charge in [-0.2, -0.15) is 10.1 Å². The molecule has 1 fully saturated rings. The van der Waals surface area contributed by atoms with E-state index in [-0.39, 0.29) is 29.9 Å². The van der Waals surface area contributed by atoms with Gasteiger partial charge in [0.2, 0.25) is 5.95 Å². The van der Waals surface area contributed by atoms with Crippen molar-refractivity contribution in [3.63, 3.8) is 0 Å². The van der Waals surface area contributed by atoms with Crippen LogP contribution in [0.5, 0.6) is 0 Å². The van der Waals surface area contributed by atoms with Crippen LogP contribution in [0, 0.1) is 19.7 Å². The van der Waals surface area contributed by atoms with Crippen LogP contribution < -0.4 is 10.6 Å². The molecular weight excluding hydrogens is 499 g/mol. The Kier molecular flexibility index (Phi) is 8.13. The number of piperidine rings is 1. The molecule has 1 unspecified atom stereocenters. The normalized spacial score (nSPS) is 15.1. The summed E-state index contributed by atoms with van der Waals surface area (Å²) >= 11 is 6.23. The minimum Gasteiger partial charge on any atom is -0.430 e. The lowest BCUT2D eigenvalue weighted by atomic mass is 9.86. The maximum Gasteiger partial charge on any atom is 0.411 e. The largest absolute Gasteiger partial charge is 0.430 e. The maximum atomic E-state index is 15.2. The van der Waals surface area contributed by atoms with Crippen molar-refractivity contribution in [2.45, 2.75) is 45.8 Å². The molecule has 0 saturated carbocycles. The smallest absolute Gasteiger partial charge is 0.411 e. The number of H-pyrrole nitrogens is 1. The van der Waals surface area contributed by atoms with E-state index in [9.17, 15) is 4.79 Å². The summed E-state index contributed by atoms with van der Waals surface area (Å²) in [5.74, 6) is 0.854. The number of nitrogens with zero attached hydrogens (tertiary/aromatic N) is 5. The van der Waals surface area contributed by atoms with Crippen molar-refractivity contribution in [3.8, 4) is 0 Å². The molecule has 0 bridgehead atoms. The minimum absolute atomic E-state index is 0.152. The molecule has 1 aliphatic rings. The Morgan fingerprint density at radius 2 is 1.97 bits per heavy atom. The molecule has 10 nitrogen and oxygen atoms in total. The number of likely N-dealkylation sites (tertiary alicyclic amines) is 1. The number of halogens is 2. The predicted molar refractivity (Wildman–Crippen MR) is 141 cm³/mol. The standard InChI is InChI=1S/C25H32ClFN8O2/c1-14-10-21(29-24-28-13-19(26)23(31-24)30-22-11-15(2)32-33-22)20(27)12-18(14)17-6-8-35(9-7-17)25(36)37-16(3)34(4)5/h10-13,16-17H,6-9H2,1-5H3,(H3,28,29,30,31,32,33). The molecule has 198 valence electrons. The lowest BCUT2D eigenvalue weighted by Crippen LogP contribution is -2.41. The van der Waals surface area contributed by atoms with E-state index in [1.807, 2.05) is 45.8 Å². The Hall–Kier alpha value is -3.44. The summed E-state index contributed by atoms with van der Waals surface area (Å²) in [6.07, 6.45) is 2.30. The van der Waals surface area contributed by atoms with Crippen LogP contribution in [0.2, 0.25) is 5.02 Å². The third kappa shape index (κ3) is 6.47. The van der Waals surface area contributed by atoms with Crippen LogP contribution in [0.15, 0.2) is 24.4 Å². The zero-order valence-corrected chi connectivity index (χ0v) is 22.4. The van der Waals surface area contributed by atoms with Gasteiger partial charge in [0.15, 0.2) is 17.9 Å². The lowest BCUT2D eigenvalue weighted by Gasteiger charge is -2.33. The van der Waals surface area contributed by atoms with Gasteiger partial charge in [0, 0.05) is 24.8 Å². The van der Waals surface area contributed by atoms with Gasteiger partial charge < -0.3 is 20.3 Å². The fourth-order valence-corrected chi connectivity index (χ4v) is 4.31. The van der Waals surface area contributed by atoms with Gasteiger partial charge in [0.1, 0.15) is 10.8 Å². The van der Waals surface area contributed by atoms with Gasteiger partial charge in [0.05, 0.1) is 11.9 Å². The molecule has 0 aliphatic carbocycles. The molecular formula is C25H32ClFN8O2. The van der Waals surface area contributed by atoms with E-state index >= 15 is 4.39 Å². The summed E-state index contributed by atoms with van der Waals surface area (Å²) in [4.78, 5) is 24.5. The Balaban J connectivity index is 1.42. The molecule has 0 spiro atoms. The molecule has 3 heterocycles. The summed E-state index contributed by atoms with van der Waals surface area (Å²) in [6.45, 7) is 6.79. The Bertz CT molecular complexity index is 1260. The van der Waals surface area contributed by atoms with Gasteiger partial charge in [-0.1, -0.05) is 11.6 Å². The first-order valence-electron chi connectivity index (χ1n) is 12.1. The number of carbonyl (C=O) groups is 1. The summed E-state index contributed by atoms with van der Waals surface area (Å²) < 4.78 is 20.6. The highest BCUT2D eigenvalue weighted by Gasteiger charge is 2.27. The molecule has 1 atom stereocenters. The molecule has 12 heteroatoms. The monoisotopic (exact) mass is 530 g/mol. The van der Waals surface area contributed by atoms with Crippen molar-refractivity contribution in [3.05, 3.63) is 52.1 Å². The van der Waals surface area contributed by atoms with Gasteiger partial charge in [-0.15, -0.1) is 0 Å². The van der Waals surface area contributed by atoms with Crippen molar-refractivity contribution in [2.24, 2.45) is 0 Å². The highest BCUT2D eigenvalue weighted by molar-refractivity contribution is 6.32. The number of carbonyl (C=O) groups excluding carboxylic acids is 1. The first-order chi connectivity index (χ1) is 17.6. The molecule has 1 saturated heterocycles. The minimum atomic E-state index is -0.404. The van der Waals surface area contributed by atoms with Crippen molar-refractivity contribution < 1.29 is 13.9 Å². The fraction of sp³-hybridized carbons (Fsp3) is 0.440. The number of aryl methyl sites for hydroxylation is 2. The van der Waals surface area contributed by atoms with Gasteiger partial charge in [-0.25, -0.2) is 14.2 Å². The molecule has 1 amide bonds. The van der Waals surface area contributed by atoms with E-state index < -0.39 is 5.82 Å². The highest BCUT2D eigenvalue weighted by Crippen LogP contribution is 2.34. The Morgan fingerprint density at radius 3 is 2.62 bits per heavy atom. The van der Waals surface area contributed by atoms with E-state index in [2.05, 4.69) is 30.8 Å². The second-order valence-corrected chi connectivity index (χ2v) is 9.88. The second kappa shape index (κ2) is 11.3. The lowest BCUT2D eigenvalue weighted by molar-refractivity contribution is 0.00272. The summed E-state index contributed by atoms with van der Waals surface area (Å²) in [5, 5.41) is 13.2. The molecule has 1 aromatic carbocycles. The van der Waals surface area contributed by atoms with Crippen LogP contribution in [-0.4, -0.2) is 69.5 Å². The molecule has 3 aromatic rings. The molecule has 0 radical (unpaired) electrons.